The Kier molecular flexibility index (Phi) is 5.70. The number of aliphatic hydroxyl groups is 1. The third-order valence-corrected chi connectivity index (χ3v) is 4.27. The van der Waals surface area contributed by atoms with Gasteiger partial charge in [0.05, 0.1) is 12.3 Å². The number of aliphatic hydroxyl groups excluding tert-OH is 1. The monoisotopic (exact) mass is 396 g/mol. The first kappa shape index (κ1) is 19.5. The number of allylic oxidation sites excluding steroid dienone is 1. The Bertz CT molecular complexity index is 1030. The maximum atomic E-state index is 12.5. The van der Waals surface area contributed by atoms with Gasteiger partial charge in [0.1, 0.15) is 11.3 Å². The van der Waals surface area contributed by atoms with E-state index in [0.29, 0.717) is 21.7 Å². The van der Waals surface area contributed by atoms with E-state index in [0.717, 1.165) is 0 Å². The van der Waals surface area contributed by atoms with Gasteiger partial charge in [0.2, 0.25) is 0 Å². The van der Waals surface area contributed by atoms with E-state index in [1.165, 1.54) is 6.92 Å². The topological polar surface area (TPSA) is 88.3 Å². The molecule has 1 N–H and O–H groups in total. The number of aliphatic imine (C=N–C) groups is 2. The highest BCUT2D eigenvalue weighted by Crippen LogP contribution is 2.26. The van der Waals surface area contributed by atoms with Crippen molar-refractivity contribution in [1.82, 2.24) is 0 Å². The van der Waals surface area contributed by atoms with E-state index in [-0.39, 0.29) is 29.5 Å². The minimum atomic E-state index is -0.693. The van der Waals surface area contributed by atoms with Gasteiger partial charge in [-0.2, -0.15) is 4.99 Å². The van der Waals surface area contributed by atoms with Gasteiger partial charge in [-0.25, -0.2) is 9.79 Å². The summed E-state index contributed by atoms with van der Waals surface area (Å²) in [4.78, 5) is 33.3. The molecule has 0 atom stereocenters. The number of ether oxygens (including phenoxy) is 1. The summed E-state index contributed by atoms with van der Waals surface area (Å²) in [6.45, 7) is 3.20. The first-order chi connectivity index (χ1) is 13.4. The minimum Gasteiger partial charge on any atom is -0.512 e. The Morgan fingerprint density at radius 2 is 1.75 bits per heavy atom. The molecule has 0 fully saturated rings. The van der Waals surface area contributed by atoms with Crippen LogP contribution in [0.5, 0.6) is 0 Å². The summed E-state index contributed by atoms with van der Waals surface area (Å²) in [6.07, 6.45) is 0. The van der Waals surface area contributed by atoms with Crippen molar-refractivity contribution in [3.8, 4) is 0 Å². The molecule has 0 bridgehead atoms. The molecule has 1 aliphatic heterocycles. The van der Waals surface area contributed by atoms with Crippen LogP contribution in [0.1, 0.15) is 35.3 Å². The second-order valence-electron chi connectivity index (χ2n) is 5.93. The van der Waals surface area contributed by atoms with Crippen LogP contribution < -0.4 is 0 Å². The fourth-order valence-electron chi connectivity index (χ4n) is 2.76. The lowest BCUT2D eigenvalue weighted by Crippen LogP contribution is -2.18. The van der Waals surface area contributed by atoms with Gasteiger partial charge in [-0.1, -0.05) is 35.9 Å². The largest absolute Gasteiger partial charge is 0.512 e. The predicted molar refractivity (Wildman–Crippen MR) is 107 cm³/mol. The molecule has 142 valence electrons. The van der Waals surface area contributed by atoms with Gasteiger partial charge < -0.3 is 9.84 Å². The Morgan fingerprint density at radius 1 is 1.11 bits per heavy atom. The van der Waals surface area contributed by atoms with Crippen molar-refractivity contribution in [1.29, 1.82) is 0 Å². The standard InChI is InChI=1S/C21H17ClN2O4/c1-3-28-21(27)17(12(2)25)18-15-6-4-5-7-16(15)19(23-18)24-20(26)13-8-10-14(22)11-9-13/h4-11,25H,3H2,1-2H3/b17-12+,24-19?. The van der Waals surface area contributed by atoms with Crippen LogP contribution in [0, 0.1) is 0 Å². The van der Waals surface area contributed by atoms with Crippen LogP contribution in [0.2, 0.25) is 5.02 Å². The lowest BCUT2D eigenvalue weighted by atomic mass is 9.99. The molecule has 1 heterocycles. The average molecular weight is 397 g/mol. The number of nitrogens with zero attached hydrogens (tertiary/aromatic N) is 2. The first-order valence-electron chi connectivity index (χ1n) is 8.56. The second-order valence-corrected chi connectivity index (χ2v) is 6.37. The summed E-state index contributed by atoms with van der Waals surface area (Å²) in [7, 11) is 0. The molecule has 1 amide bonds. The number of amides is 1. The van der Waals surface area contributed by atoms with Crippen LogP contribution in [0.4, 0.5) is 0 Å². The van der Waals surface area contributed by atoms with Gasteiger partial charge in [0, 0.05) is 21.7 Å². The van der Waals surface area contributed by atoms with E-state index in [1.54, 1.807) is 55.5 Å². The fraction of sp³-hybridized carbons (Fsp3) is 0.143. The average Bonchev–Trinajstić information content (AvgIpc) is 3.00. The van der Waals surface area contributed by atoms with Gasteiger partial charge in [0.25, 0.3) is 5.91 Å². The zero-order valence-electron chi connectivity index (χ0n) is 15.3. The van der Waals surface area contributed by atoms with E-state index in [4.69, 9.17) is 16.3 Å². The maximum absolute atomic E-state index is 12.5. The summed E-state index contributed by atoms with van der Waals surface area (Å²) in [5.74, 6) is -1.25. The lowest BCUT2D eigenvalue weighted by Gasteiger charge is -2.08. The molecule has 3 rings (SSSR count). The molecule has 0 spiro atoms. The quantitative estimate of drug-likeness (QED) is 0.478. The smallest absolute Gasteiger partial charge is 0.343 e. The molecule has 28 heavy (non-hydrogen) atoms. The van der Waals surface area contributed by atoms with E-state index < -0.39 is 11.9 Å². The minimum absolute atomic E-state index is 0.0570. The van der Waals surface area contributed by atoms with Crippen LogP contribution in [-0.4, -0.2) is 35.1 Å². The lowest BCUT2D eigenvalue weighted by molar-refractivity contribution is -0.138. The van der Waals surface area contributed by atoms with E-state index in [2.05, 4.69) is 9.98 Å². The molecular weight excluding hydrogens is 380 g/mol. The Balaban J connectivity index is 2.08. The molecule has 0 unspecified atom stereocenters. The Labute approximate surface area is 166 Å². The summed E-state index contributed by atoms with van der Waals surface area (Å²) < 4.78 is 5.03. The summed E-state index contributed by atoms with van der Waals surface area (Å²) >= 11 is 5.85. The molecule has 2 aromatic rings. The third-order valence-electron chi connectivity index (χ3n) is 4.02. The van der Waals surface area contributed by atoms with Crippen molar-refractivity contribution in [2.45, 2.75) is 13.8 Å². The normalized spacial score (nSPS) is 15.0. The summed E-state index contributed by atoms with van der Waals surface area (Å²) in [5, 5.41) is 10.6. The van der Waals surface area contributed by atoms with Crippen molar-refractivity contribution in [3.63, 3.8) is 0 Å². The van der Waals surface area contributed by atoms with Gasteiger partial charge in [-0.05, 0) is 38.1 Å². The summed E-state index contributed by atoms with van der Waals surface area (Å²) in [6, 6.07) is 13.4. The molecular formula is C21H17ClN2O4. The first-order valence-corrected chi connectivity index (χ1v) is 8.94. The number of carbonyl (C=O) groups is 2. The van der Waals surface area contributed by atoms with Gasteiger partial charge >= 0.3 is 5.97 Å². The van der Waals surface area contributed by atoms with Crippen molar-refractivity contribution in [2.24, 2.45) is 9.98 Å². The number of esters is 1. The fourth-order valence-corrected chi connectivity index (χ4v) is 2.88. The van der Waals surface area contributed by atoms with E-state index in [9.17, 15) is 14.7 Å². The highest BCUT2D eigenvalue weighted by Gasteiger charge is 2.30. The molecule has 0 saturated carbocycles. The molecule has 6 nitrogen and oxygen atoms in total. The third kappa shape index (κ3) is 3.87. The number of fused-ring (bicyclic) bond motifs is 1. The van der Waals surface area contributed by atoms with Crippen molar-refractivity contribution in [2.75, 3.05) is 6.61 Å². The van der Waals surface area contributed by atoms with Crippen molar-refractivity contribution in [3.05, 3.63) is 81.6 Å². The van der Waals surface area contributed by atoms with Crippen molar-refractivity contribution >= 4 is 35.0 Å². The molecule has 7 heteroatoms. The van der Waals surface area contributed by atoms with Gasteiger partial charge in [-0.3, -0.25) is 4.79 Å². The number of rotatable bonds is 4. The Morgan fingerprint density at radius 3 is 2.36 bits per heavy atom. The highest BCUT2D eigenvalue weighted by atomic mass is 35.5. The molecule has 0 radical (unpaired) electrons. The number of halogens is 1. The second kappa shape index (κ2) is 8.19. The summed E-state index contributed by atoms with van der Waals surface area (Å²) in [5.41, 5.74) is 1.69. The molecule has 0 aliphatic carbocycles. The maximum Gasteiger partial charge on any atom is 0.343 e. The number of amidine groups is 1. The zero-order valence-corrected chi connectivity index (χ0v) is 16.0. The molecule has 0 saturated heterocycles. The van der Waals surface area contributed by atoms with Crippen LogP contribution in [-0.2, 0) is 9.53 Å². The van der Waals surface area contributed by atoms with Crippen molar-refractivity contribution < 1.29 is 19.4 Å². The molecule has 1 aliphatic rings. The molecule has 2 aromatic carbocycles. The highest BCUT2D eigenvalue weighted by molar-refractivity contribution is 6.36. The van der Waals surface area contributed by atoms with Crippen LogP contribution in [0.15, 0.2) is 69.8 Å². The number of hydrogen-bond donors (Lipinski definition) is 1. The molecule has 0 aromatic heterocycles. The van der Waals surface area contributed by atoms with Crippen LogP contribution in [0.3, 0.4) is 0 Å². The van der Waals surface area contributed by atoms with Gasteiger partial charge in [0.15, 0.2) is 5.84 Å². The van der Waals surface area contributed by atoms with Crippen LogP contribution >= 0.6 is 11.6 Å². The number of carbonyl (C=O) groups excluding carboxylic acids is 2. The number of hydrogen-bond acceptors (Lipinski definition) is 4. The zero-order chi connectivity index (χ0) is 20.3. The van der Waals surface area contributed by atoms with Crippen LogP contribution in [0.25, 0.3) is 0 Å². The predicted octanol–water partition coefficient (Wildman–Crippen LogP) is 4.12. The van der Waals surface area contributed by atoms with E-state index >= 15 is 0 Å². The SMILES string of the molecule is CCOC(=O)/C(C1=NC(=NC(=O)c2ccc(Cl)cc2)c2ccccc21)=C(\C)O. The number of benzene rings is 2. The van der Waals surface area contributed by atoms with E-state index in [1.807, 2.05) is 0 Å². The Hall–Kier alpha value is -3.25. The van der Waals surface area contributed by atoms with Gasteiger partial charge in [-0.15, -0.1) is 0 Å².